The smallest absolute Gasteiger partial charge is 0.303 e. The standard InChI is InChI=1S/C13H19NO4S/c1-10-6-7-11(2)12(9-10)19(17,18)14(3)8-4-5-13(15)16/h6-7,9H,4-5,8H2,1-3H3,(H,15,16). The largest absolute Gasteiger partial charge is 0.481 e. The molecule has 0 saturated carbocycles. The number of aryl methyl sites for hydroxylation is 2. The molecule has 0 aliphatic heterocycles. The molecule has 6 heteroatoms. The van der Waals surface area contributed by atoms with E-state index in [1.165, 1.54) is 11.4 Å². The fourth-order valence-electron chi connectivity index (χ4n) is 1.73. The summed E-state index contributed by atoms with van der Waals surface area (Å²) in [4.78, 5) is 10.7. The molecule has 0 unspecified atom stereocenters. The van der Waals surface area contributed by atoms with Gasteiger partial charge in [0.15, 0.2) is 0 Å². The van der Waals surface area contributed by atoms with Crippen molar-refractivity contribution in [3.8, 4) is 0 Å². The lowest BCUT2D eigenvalue weighted by Gasteiger charge is -2.18. The number of hydrogen-bond donors (Lipinski definition) is 1. The van der Waals surface area contributed by atoms with Crippen LogP contribution in [0.5, 0.6) is 0 Å². The van der Waals surface area contributed by atoms with E-state index >= 15 is 0 Å². The van der Waals surface area contributed by atoms with Gasteiger partial charge in [-0.15, -0.1) is 0 Å². The van der Waals surface area contributed by atoms with E-state index in [-0.39, 0.29) is 17.9 Å². The minimum atomic E-state index is -3.55. The highest BCUT2D eigenvalue weighted by atomic mass is 32.2. The predicted octanol–water partition coefficient (Wildman–Crippen LogP) is 1.79. The highest BCUT2D eigenvalue weighted by Gasteiger charge is 2.22. The lowest BCUT2D eigenvalue weighted by atomic mass is 10.2. The monoisotopic (exact) mass is 285 g/mol. The average Bonchev–Trinajstić information content (AvgIpc) is 2.31. The van der Waals surface area contributed by atoms with Crippen molar-refractivity contribution in [1.29, 1.82) is 0 Å². The molecule has 1 aromatic carbocycles. The zero-order valence-corrected chi connectivity index (χ0v) is 12.2. The molecule has 0 amide bonds. The highest BCUT2D eigenvalue weighted by molar-refractivity contribution is 7.89. The van der Waals surface area contributed by atoms with E-state index in [4.69, 9.17) is 5.11 Å². The quantitative estimate of drug-likeness (QED) is 0.864. The summed E-state index contributed by atoms with van der Waals surface area (Å²) in [6.45, 7) is 3.78. The summed E-state index contributed by atoms with van der Waals surface area (Å²) in [6.07, 6.45) is 0.266. The van der Waals surface area contributed by atoms with Crippen LogP contribution >= 0.6 is 0 Å². The van der Waals surface area contributed by atoms with E-state index in [2.05, 4.69) is 0 Å². The van der Waals surface area contributed by atoms with Crippen LogP contribution in [0.4, 0.5) is 0 Å². The Morgan fingerprint density at radius 2 is 1.95 bits per heavy atom. The number of aliphatic carboxylic acids is 1. The third kappa shape index (κ3) is 4.04. The first-order valence-corrected chi connectivity index (χ1v) is 7.44. The summed E-state index contributed by atoms with van der Waals surface area (Å²) in [6, 6.07) is 5.27. The molecular weight excluding hydrogens is 266 g/mol. The van der Waals surface area contributed by atoms with Gasteiger partial charge in [-0.1, -0.05) is 12.1 Å². The molecule has 1 rings (SSSR count). The van der Waals surface area contributed by atoms with E-state index in [0.29, 0.717) is 12.0 Å². The highest BCUT2D eigenvalue weighted by Crippen LogP contribution is 2.20. The average molecular weight is 285 g/mol. The van der Waals surface area contributed by atoms with E-state index in [9.17, 15) is 13.2 Å². The maximum atomic E-state index is 12.4. The van der Waals surface area contributed by atoms with Gasteiger partial charge in [-0.3, -0.25) is 4.79 Å². The van der Waals surface area contributed by atoms with Crippen molar-refractivity contribution < 1.29 is 18.3 Å². The van der Waals surface area contributed by atoms with Crippen LogP contribution in [0.3, 0.4) is 0 Å². The Morgan fingerprint density at radius 3 is 2.53 bits per heavy atom. The van der Waals surface area contributed by atoms with Gasteiger partial charge in [0.1, 0.15) is 0 Å². The van der Waals surface area contributed by atoms with Crippen molar-refractivity contribution in [3.05, 3.63) is 29.3 Å². The summed E-state index contributed by atoms with van der Waals surface area (Å²) in [5.41, 5.74) is 1.57. The van der Waals surface area contributed by atoms with E-state index in [1.54, 1.807) is 19.1 Å². The van der Waals surface area contributed by atoms with Gasteiger partial charge in [-0.05, 0) is 37.5 Å². The fourth-order valence-corrected chi connectivity index (χ4v) is 3.24. The van der Waals surface area contributed by atoms with Crippen LogP contribution in [0.1, 0.15) is 24.0 Å². The molecule has 0 bridgehead atoms. The molecule has 0 radical (unpaired) electrons. The minimum Gasteiger partial charge on any atom is -0.481 e. The molecule has 0 heterocycles. The Kier molecular flexibility index (Phi) is 5.08. The van der Waals surface area contributed by atoms with Crippen molar-refractivity contribution in [2.24, 2.45) is 0 Å². The number of nitrogens with zero attached hydrogens (tertiary/aromatic N) is 1. The Labute approximate surface area is 113 Å². The second kappa shape index (κ2) is 6.16. The molecule has 5 nitrogen and oxygen atoms in total. The fraction of sp³-hybridized carbons (Fsp3) is 0.462. The number of rotatable bonds is 6. The zero-order chi connectivity index (χ0) is 14.6. The van der Waals surface area contributed by atoms with Gasteiger partial charge in [-0.25, -0.2) is 12.7 Å². The van der Waals surface area contributed by atoms with Gasteiger partial charge in [-0.2, -0.15) is 0 Å². The van der Waals surface area contributed by atoms with Crippen molar-refractivity contribution in [2.75, 3.05) is 13.6 Å². The summed E-state index contributed by atoms with van der Waals surface area (Å²) < 4.78 is 25.9. The molecule has 0 aliphatic carbocycles. The Hall–Kier alpha value is -1.40. The zero-order valence-electron chi connectivity index (χ0n) is 11.4. The summed E-state index contributed by atoms with van der Waals surface area (Å²) >= 11 is 0. The van der Waals surface area contributed by atoms with Crippen LogP contribution in [0.25, 0.3) is 0 Å². The van der Waals surface area contributed by atoms with Gasteiger partial charge >= 0.3 is 5.97 Å². The van der Waals surface area contributed by atoms with Crippen molar-refractivity contribution in [1.82, 2.24) is 4.31 Å². The lowest BCUT2D eigenvalue weighted by molar-refractivity contribution is -0.137. The summed E-state index contributed by atoms with van der Waals surface area (Å²) in [7, 11) is -2.08. The van der Waals surface area contributed by atoms with E-state index in [1.807, 2.05) is 13.0 Å². The SMILES string of the molecule is Cc1ccc(C)c(S(=O)(=O)N(C)CCCC(=O)O)c1. The number of benzene rings is 1. The first kappa shape index (κ1) is 15.7. The Bertz CT molecular complexity index is 566. The van der Waals surface area contributed by atoms with Gasteiger partial charge in [0.05, 0.1) is 4.90 Å². The third-order valence-electron chi connectivity index (χ3n) is 2.90. The number of carbonyl (C=O) groups is 1. The maximum absolute atomic E-state index is 12.4. The topological polar surface area (TPSA) is 74.7 Å². The first-order valence-electron chi connectivity index (χ1n) is 6.00. The number of carboxylic acid groups (broad SMARTS) is 1. The van der Waals surface area contributed by atoms with Gasteiger partial charge in [0.2, 0.25) is 10.0 Å². The van der Waals surface area contributed by atoms with Crippen molar-refractivity contribution in [3.63, 3.8) is 0 Å². The van der Waals surface area contributed by atoms with E-state index < -0.39 is 16.0 Å². The number of carboxylic acids is 1. The molecule has 0 aliphatic rings. The van der Waals surface area contributed by atoms with Crippen LogP contribution in [0.2, 0.25) is 0 Å². The second-order valence-corrected chi connectivity index (χ2v) is 6.61. The third-order valence-corrected chi connectivity index (χ3v) is 4.89. The first-order chi connectivity index (χ1) is 8.75. The molecule has 19 heavy (non-hydrogen) atoms. The molecule has 0 saturated heterocycles. The van der Waals surface area contributed by atoms with Crippen molar-refractivity contribution >= 4 is 16.0 Å². The van der Waals surface area contributed by atoms with Crippen LogP contribution in [-0.2, 0) is 14.8 Å². The molecule has 1 aromatic rings. The molecular formula is C13H19NO4S. The number of hydrogen-bond acceptors (Lipinski definition) is 3. The lowest BCUT2D eigenvalue weighted by Crippen LogP contribution is -2.29. The van der Waals surface area contributed by atoms with Crippen molar-refractivity contribution in [2.45, 2.75) is 31.6 Å². The molecule has 0 atom stereocenters. The minimum absolute atomic E-state index is 0.0351. The molecule has 0 aromatic heterocycles. The predicted molar refractivity (Wildman–Crippen MR) is 72.6 cm³/mol. The molecule has 106 valence electrons. The Morgan fingerprint density at radius 1 is 1.32 bits per heavy atom. The van der Waals surface area contributed by atoms with E-state index in [0.717, 1.165) is 5.56 Å². The second-order valence-electron chi connectivity index (χ2n) is 4.59. The maximum Gasteiger partial charge on any atom is 0.303 e. The van der Waals surface area contributed by atoms with Crippen LogP contribution in [-0.4, -0.2) is 37.4 Å². The molecule has 1 N–H and O–H groups in total. The Balaban J connectivity index is 2.90. The van der Waals surface area contributed by atoms with Crippen LogP contribution < -0.4 is 0 Å². The van der Waals surface area contributed by atoms with Crippen LogP contribution in [0.15, 0.2) is 23.1 Å². The van der Waals surface area contributed by atoms with Crippen LogP contribution in [0, 0.1) is 13.8 Å². The summed E-state index contributed by atoms with van der Waals surface area (Å²) in [5, 5.41) is 8.56. The number of sulfonamides is 1. The summed E-state index contributed by atoms with van der Waals surface area (Å²) in [5.74, 6) is -0.919. The van der Waals surface area contributed by atoms with Gasteiger partial charge in [0.25, 0.3) is 0 Å². The molecule has 0 fully saturated rings. The molecule has 0 spiro atoms. The van der Waals surface area contributed by atoms with Gasteiger partial charge < -0.3 is 5.11 Å². The normalized spacial score (nSPS) is 11.8. The van der Waals surface area contributed by atoms with Gasteiger partial charge in [0, 0.05) is 20.0 Å².